The molecule has 8 heterocycles. The van der Waals surface area contributed by atoms with Crippen LogP contribution in [-0.2, 0) is 17.3 Å². The van der Waals surface area contributed by atoms with Crippen molar-refractivity contribution >= 4 is 155 Å². The summed E-state index contributed by atoms with van der Waals surface area (Å²) in [4.78, 5) is 0. The van der Waals surface area contributed by atoms with Gasteiger partial charge in [-0.15, -0.1) is 0 Å². The Balaban J connectivity index is 0.731. The molecule has 25 rings (SSSR count). The van der Waals surface area contributed by atoms with Crippen LogP contribution in [0.3, 0.4) is 0 Å². The fourth-order valence-corrected chi connectivity index (χ4v) is 21.4. The van der Waals surface area contributed by atoms with Gasteiger partial charge >= 0.3 is 0 Å². The molecule has 0 saturated carbocycles. The van der Waals surface area contributed by atoms with E-state index in [1.54, 1.807) is 0 Å². The van der Waals surface area contributed by atoms with E-state index < -0.39 is 0 Å². The van der Waals surface area contributed by atoms with Crippen molar-refractivity contribution in [3.8, 4) is 78.6 Å². The van der Waals surface area contributed by atoms with Crippen LogP contribution in [0.5, 0.6) is 0 Å². The highest BCUT2D eigenvalue weighted by Crippen LogP contribution is 2.51. The van der Waals surface area contributed by atoms with Gasteiger partial charge in [-0.25, -0.2) is 0 Å². The third-order valence-corrected chi connectivity index (χ3v) is 26.3. The fourth-order valence-electron chi connectivity index (χ4n) is 21.4. The molecule has 0 radical (unpaired) electrons. The van der Waals surface area contributed by atoms with Gasteiger partial charge in [-0.3, -0.25) is 0 Å². The molecule has 0 fully saturated rings. The number of nitrogens with zero attached hydrogens (tertiary/aromatic N) is 4. The maximum Gasteiger partial charge on any atom is 0.253 e. The minimum absolute atomic E-state index is 0.0908. The lowest BCUT2D eigenvalue weighted by Gasteiger charge is -2.36. The molecule has 4 aromatic heterocycles. The quantitative estimate of drug-likeness (QED) is 0.135. The van der Waals surface area contributed by atoms with Crippen LogP contribution in [0.4, 0.5) is 0 Å². The first-order valence-corrected chi connectivity index (χ1v) is 39.8. The summed E-state index contributed by atoms with van der Waals surface area (Å²) in [7, 11) is 0. The molecular formula is C106H72B2N4. The summed E-state index contributed by atoms with van der Waals surface area (Å²) < 4.78 is 10.7. The molecule has 4 nitrogen and oxygen atoms in total. The Labute approximate surface area is 649 Å². The summed E-state index contributed by atoms with van der Waals surface area (Å²) in [5.74, 6) is 0. The second-order valence-electron chi connectivity index (χ2n) is 33.9. The Morgan fingerprint density at radius 3 is 1.18 bits per heavy atom. The summed E-state index contributed by atoms with van der Waals surface area (Å²) in [5, 5.41) is 17.8. The zero-order valence-electron chi connectivity index (χ0n) is 62.9. The number of benzene rings is 17. The molecule has 4 aliphatic heterocycles. The minimum atomic E-state index is -0.369. The Morgan fingerprint density at radius 2 is 0.643 bits per heavy atom. The van der Waals surface area contributed by atoms with Crippen LogP contribution in [0.25, 0.3) is 187 Å². The Bertz CT molecular complexity index is 7780. The second kappa shape index (κ2) is 22.4. The third kappa shape index (κ3) is 8.43. The Morgan fingerprint density at radius 1 is 0.250 bits per heavy atom. The molecule has 21 aromatic rings. The smallest absolute Gasteiger partial charge is 0.253 e. The van der Waals surface area contributed by atoms with Gasteiger partial charge in [0, 0.05) is 77.2 Å². The number of aromatic nitrogens is 4. The van der Waals surface area contributed by atoms with E-state index in [9.17, 15) is 0 Å². The average molecular weight is 1420 g/mol. The van der Waals surface area contributed by atoms with Crippen molar-refractivity contribution in [3.05, 3.63) is 350 Å². The van der Waals surface area contributed by atoms with Crippen LogP contribution in [0.2, 0.25) is 0 Å². The predicted molar refractivity (Wildman–Crippen MR) is 477 cm³/mol. The van der Waals surface area contributed by atoms with E-state index in [0.29, 0.717) is 0 Å². The SMILES string of the molecule is CC(C)(C)c1cc2c3c(c1)c1cc4ccccc4cc1n3-c1cc(-c3ccccc3)cc3c1B2c1c2ccccc2cc2c(-c4cccc(CC(C)(C)c5cc6c7c(c5)c5cc8ccccc8cc5n7-c5cccc7c5B6c5c6ccccc6cc6c(-c8ccccc8)c(-c8ccccc8)n-7c56)c4)c(-c4ccccc4)n-3c12. The molecule has 6 heteroatoms. The minimum Gasteiger partial charge on any atom is -0.310 e. The lowest BCUT2D eigenvalue weighted by molar-refractivity contribution is 0.523. The number of hydrogen-bond donors (Lipinski definition) is 0. The predicted octanol–water partition coefficient (Wildman–Crippen LogP) is 22.8. The fraction of sp³-hybridized carbons (Fsp3) is 0.0755. The van der Waals surface area contributed by atoms with Crippen molar-refractivity contribution in [1.82, 2.24) is 18.3 Å². The van der Waals surface area contributed by atoms with Gasteiger partial charge in [0.25, 0.3) is 13.4 Å². The van der Waals surface area contributed by atoms with E-state index in [1.807, 2.05) is 0 Å². The van der Waals surface area contributed by atoms with E-state index in [4.69, 9.17) is 0 Å². The monoisotopic (exact) mass is 1420 g/mol. The first-order valence-electron chi connectivity index (χ1n) is 39.8. The topological polar surface area (TPSA) is 19.7 Å². The van der Waals surface area contributed by atoms with Crippen LogP contribution >= 0.6 is 0 Å². The van der Waals surface area contributed by atoms with E-state index >= 15 is 0 Å². The molecular weight excluding hydrogens is 1350 g/mol. The second-order valence-corrected chi connectivity index (χ2v) is 33.9. The van der Waals surface area contributed by atoms with Gasteiger partial charge in [-0.1, -0.05) is 295 Å². The van der Waals surface area contributed by atoms with Crippen molar-refractivity contribution in [3.63, 3.8) is 0 Å². The van der Waals surface area contributed by atoms with Crippen LogP contribution in [-0.4, -0.2) is 31.7 Å². The molecule has 4 aliphatic rings. The molecule has 0 bridgehead atoms. The third-order valence-electron chi connectivity index (χ3n) is 26.3. The molecule has 0 amide bonds. The van der Waals surface area contributed by atoms with Crippen molar-refractivity contribution in [2.24, 2.45) is 0 Å². The number of rotatable bonds is 8. The van der Waals surface area contributed by atoms with Crippen molar-refractivity contribution < 1.29 is 0 Å². The van der Waals surface area contributed by atoms with Gasteiger partial charge in [0.2, 0.25) is 0 Å². The van der Waals surface area contributed by atoms with Crippen molar-refractivity contribution in [1.29, 1.82) is 0 Å². The largest absolute Gasteiger partial charge is 0.310 e. The summed E-state index contributed by atoms with van der Waals surface area (Å²) in [6, 6.07) is 129. The van der Waals surface area contributed by atoms with Gasteiger partial charge in [-0.2, -0.15) is 0 Å². The highest BCUT2D eigenvalue weighted by molar-refractivity contribution is 7.02. The molecule has 0 N–H and O–H groups in total. The molecule has 0 saturated heterocycles. The molecule has 0 atom stereocenters. The van der Waals surface area contributed by atoms with Crippen LogP contribution in [0.1, 0.15) is 51.3 Å². The molecule has 0 unspecified atom stereocenters. The van der Waals surface area contributed by atoms with E-state index in [1.165, 1.54) is 237 Å². The van der Waals surface area contributed by atoms with Gasteiger partial charge < -0.3 is 18.3 Å². The summed E-state index contributed by atoms with van der Waals surface area (Å²) in [5.41, 5.74) is 36.4. The lowest BCUT2D eigenvalue weighted by Crippen LogP contribution is -2.60. The van der Waals surface area contributed by atoms with Crippen molar-refractivity contribution in [2.75, 3.05) is 0 Å². The Hall–Kier alpha value is -13.4. The van der Waals surface area contributed by atoms with E-state index in [-0.39, 0.29) is 24.3 Å². The van der Waals surface area contributed by atoms with Crippen molar-refractivity contribution in [2.45, 2.75) is 51.9 Å². The standard InChI is InChI=1S/C106H72B2N4/c1-105(2,3)75-57-81-79-49-67-37-19-21-40-70(67)54-90(79)110-91-55-74(63-29-10-6-11-30-63)56-92-98(91)108(85(59-75)102(81)110)96-78-45-25-23-42-72(78)52-84-94(100(112(92)104(84)96)66-35-16-9-17-36-66)73-43-26-28-62(48-73)61-106(4,5)76-58-82-80-50-68-38-18-20-39-69(68)53-89(80)109-87-46-27-47-88-97(87)107(86(60-76)101(82)109)95-77-44-24-22-41-71(77)51-83-93(64-31-12-7-13-32-64)99(111(88)103(83)95)65-33-14-8-15-34-65/h6-60H,61H2,1-5H3. The summed E-state index contributed by atoms with van der Waals surface area (Å²) >= 11 is 0. The van der Waals surface area contributed by atoms with Gasteiger partial charge in [-0.05, 0) is 216 Å². The van der Waals surface area contributed by atoms with E-state index in [2.05, 4.69) is 387 Å². The first kappa shape index (κ1) is 62.5. The molecule has 17 aromatic carbocycles. The zero-order valence-corrected chi connectivity index (χ0v) is 62.9. The molecule has 0 spiro atoms. The maximum atomic E-state index is 2.73. The number of hydrogen-bond acceptors (Lipinski definition) is 0. The van der Waals surface area contributed by atoms with E-state index in [0.717, 1.165) is 6.42 Å². The molecule has 112 heavy (non-hydrogen) atoms. The average Bonchev–Trinajstić information content (AvgIpc) is 1.47. The van der Waals surface area contributed by atoms with Gasteiger partial charge in [0.15, 0.2) is 0 Å². The maximum absolute atomic E-state index is 2.73. The number of fused-ring (bicyclic) bond motifs is 20. The summed E-state index contributed by atoms with van der Waals surface area (Å²) in [6.07, 6.45) is 0.798. The van der Waals surface area contributed by atoms with Crippen LogP contribution in [0, 0.1) is 0 Å². The lowest BCUT2D eigenvalue weighted by atomic mass is 9.33. The highest BCUT2D eigenvalue weighted by atomic mass is 15.1. The highest BCUT2D eigenvalue weighted by Gasteiger charge is 2.47. The zero-order chi connectivity index (χ0) is 73.9. The van der Waals surface area contributed by atoms with Crippen LogP contribution < -0.4 is 32.8 Å². The molecule has 0 aliphatic carbocycles. The van der Waals surface area contributed by atoms with Crippen LogP contribution in [0.15, 0.2) is 334 Å². The van der Waals surface area contributed by atoms with Gasteiger partial charge in [0.1, 0.15) is 0 Å². The normalized spacial score (nSPS) is 13.2. The first-order chi connectivity index (χ1) is 55.0. The van der Waals surface area contributed by atoms with Gasteiger partial charge in [0.05, 0.1) is 33.5 Å². The summed E-state index contributed by atoms with van der Waals surface area (Å²) in [6.45, 7) is 12.0. The molecule has 522 valence electrons. The Kier molecular flexibility index (Phi) is 12.5.